The topological polar surface area (TPSA) is 80.3 Å². The van der Waals surface area contributed by atoms with Crippen LogP contribution in [-0.4, -0.2) is 34.9 Å². The van der Waals surface area contributed by atoms with Crippen molar-refractivity contribution in [2.45, 2.75) is 20.4 Å². The number of nitrogens with zero attached hydrogens (tertiary/aromatic N) is 1. The van der Waals surface area contributed by atoms with Gasteiger partial charge in [0.25, 0.3) is 0 Å². The number of aromatic nitrogens is 1. The predicted molar refractivity (Wildman–Crippen MR) is 104 cm³/mol. The number of carbonyl (C=O) groups is 2. The van der Waals surface area contributed by atoms with Crippen LogP contribution in [0.2, 0.25) is 0 Å². The number of thioether (sulfide) groups is 1. The second kappa shape index (κ2) is 10.5. The molecule has 1 aromatic carbocycles. The zero-order valence-electron chi connectivity index (χ0n) is 15.0. The molecule has 1 aromatic heterocycles. The van der Waals surface area contributed by atoms with Gasteiger partial charge in [0.15, 0.2) is 0 Å². The largest absolute Gasteiger partial charge is 0.478 e. The Labute approximate surface area is 157 Å². The fourth-order valence-corrected chi connectivity index (χ4v) is 2.84. The highest BCUT2D eigenvalue weighted by molar-refractivity contribution is 8.00. The average molecular weight is 373 g/mol. The van der Waals surface area contributed by atoms with E-state index in [1.54, 1.807) is 12.3 Å². The molecule has 0 fully saturated rings. The number of aryl methyl sites for hydroxylation is 1. The van der Waals surface area contributed by atoms with Gasteiger partial charge in [0.05, 0.1) is 18.1 Å². The highest BCUT2D eigenvalue weighted by Gasteiger charge is 2.07. The maximum atomic E-state index is 11.9. The third-order valence-electron chi connectivity index (χ3n) is 3.35. The summed E-state index contributed by atoms with van der Waals surface area (Å²) in [6.45, 7) is 4.80. The summed E-state index contributed by atoms with van der Waals surface area (Å²) in [7, 11) is 0. The summed E-state index contributed by atoms with van der Waals surface area (Å²) in [6.07, 6.45) is 1.65. The van der Waals surface area contributed by atoms with E-state index in [9.17, 15) is 9.59 Å². The molecule has 6 nitrogen and oxygen atoms in total. The van der Waals surface area contributed by atoms with Crippen LogP contribution in [0.25, 0.3) is 0 Å². The standard InChI is InChI=1S/C19H23N3O3S/c1-3-25-19-10-15(7-8-20-19)11-21-17(23)12-26-13-18(24)22-16-6-4-5-14(2)9-16/h4-10H,3,11-13H2,1-2H3,(H,21,23)(H,22,24). The van der Waals surface area contributed by atoms with E-state index in [0.29, 0.717) is 19.0 Å². The minimum absolute atomic E-state index is 0.117. The van der Waals surface area contributed by atoms with Gasteiger partial charge >= 0.3 is 0 Å². The molecule has 2 amide bonds. The molecule has 26 heavy (non-hydrogen) atoms. The first-order chi connectivity index (χ1) is 12.6. The van der Waals surface area contributed by atoms with Crippen molar-refractivity contribution in [2.75, 3.05) is 23.4 Å². The van der Waals surface area contributed by atoms with Crippen LogP contribution in [0, 0.1) is 6.92 Å². The Hall–Kier alpha value is -2.54. The van der Waals surface area contributed by atoms with Gasteiger partial charge in [-0.3, -0.25) is 9.59 Å². The minimum atomic E-state index is -0.121. The van der Waals surface area contributed by atoms with Gasteiger partial charge in [-0.1, -0.05) is 12.1 Å². The molecule has 0 unspecified atom stereocenters. The molecule has 2 N–H and O–H groups in total. The predicted octanol–water partition coefficient (Wildman–Crippen LogP) is 2.78. The number of carbonyl (C=O) groups excluding carboxylic acids is 2. The lowest BCUT2D eigenvalue weighted by atomic mass is 10.2. The second-order valence-corrected chi connectivity index (χ2v) is 6.61. The Morgan fingerprint density at radius 1 is 1.15 bits per heavy atom. The summed E-state index contributed by atoms with van der Waals surface area (Å²) >= 11 is 1.28. The molecule has 0 saturated carbocycles. The number of pyridine rings is 1. The van der Waals surface area contributed by atoms with Crippen LogP contribution in [0.1, 0.15) is 18.1 Å². The Morgan fingerprint density at radius 3 is 2.73 bits per heavy atom. The molecular weight excluding hydrogens is 350 g/mol. The number of hydrogen-bond donors (Lipinski definition) is 2. The maximum absolute atomic E-state index is 11.9. The van der Waals surface area contributed by atoms with E-state index < -0.39 is 0 Å². The lowest BCUT2D eigenvalue weighted by molar-refractivity contribution is -0.118. The van der Waals surface area contributed by atoms with Gasteiger partial charge in [0, 0.05) is 24.5 Å². The molecule has 1 heterocycles. The Morgan fingerprint density at radius 2 is 1.96 bits per heavy atom. The SMILES string of the molecule is CCOc1cc(CNC(=O)CSCC(=O)Nc2cccc(C)c2)ccn1. The van der Waals surface area contributed by atoms with E-state index in [-0.39, 0.29) is 23.3 Å². The van der Waals surface area contributed by atoms with Crippen molar-refractivity contribution in [3.05, 3.63) is 53.7 Å². The van der Waals surface area contributed by atoms with Gasteiger partial charge in [0.1, 0.15) is 0 Å². The molecule has 2 rings (SSSR count). The van der Waals surface area contributed by atoms with Crippen LogP contribution in [0.5, 0.6) is 5.88 Å². The fourth-order valence-electron chi connectivity index (χ4n) is 2.20. The third kappa shape index (κ3) is 7.14. The molecule has 0 aliphatic heterocycles. The van der Waals surface area contributed by atoms with Crippen LogP contribution < -0.4 is 15.4 Å². The molecule has 138 valence electrons. The number of ether oxygens (including phenoxy) is 1. The van der Waals surface area contributed by atoms with E-state index in [0.717, 1.165) is 16.8 Å². The van der Waals surface area contributed by atoms with E-state index in [2.05, 4.69) is 15.6 Å². The van der Waals surface area contributed by atoms with Crippen molar-refractivity contribution in [2.24, 2.45) is 0 Å². The number of rotatable bonds is 9. The van der Waals surface area contributed by atoms with Crippen molar-refractivity contribution in [1.82, 2.24) is 10.3 Å². The number of nitrogens with one attached hydrogen (secondary N) is 2. The van der Waals surface area contributed by atoms with Crippen molar-refractivity contribution in [3.8, 4) is 5.88 Å². The first-order valence-electron chi connectivity index (χ1n) is 8.35. The quantitative estimate of drug-likeness (QED) is 0.706. The van der Waals surface area contributed by atoms with Crippen LogP contribution in [0.15, 0.2) is 42.6 Å². The van der Waals surface area contributed by atoms with E-state index in [1.165, 1.54) is 11.8 Å². The molecule has 0 aliphatic rings. The monoisotopic (exact) mass is 373 g/mol. The van der Waals surface area contributed by atoms with Crippen LogP contribution >= 0.6 is 11.8 Å². The van der Waals surface area contributed by atoms with Crippen molar-refractivity contribution < 1.29 is 14.3 Å². The van der Waals surface area contributed by atoms with Gasteiger partial charge in [0.2, 0.25) is 17.7 Å². The minimum Gasteiger partial charge on any atom is -0.478 e. The van der Waals surface area contributed by atoms with E-state index >= 15 is 0 Å². The summed E-state index contributed by atoms with van der Waals surface area (Å²) in [6, 6.07) is 11.2. The number of benzene rings is 1. The number of amides is 2. The van der Waals surface area contributed by atoms with Crippen molar-refractivity contribution in [1.29, 1.82) is 0 Å². The average Bonchev–Trinajstić information content (AvgIpc) is 2.61. The highest BCUT2D eigenvalue weighted by Crippen LogP contribution is 2.11. The Balaban J connectivity index is 1.67. The zero-order chi connectivity index (χ0) is 18.8. The third-order valence-corrected chi connectivity index (χ3v) is 4.28. The van der Waals surface area contributed by atoms with Gasteiger partial charge in [-0.05, 0) is 43.2 Å². The summed E-state index contributed by atoms with van der Waals surface area (Å²) < 4.78 is 5.33. The normalized spacial score (nSPS) is 10.2. The zero-order valence-corrected chi connectivity index (χ0v) is 15.8. The molecule has 0 spiro atoms. The van der Waals surface area contributed by atoms with Crippen molar-refractivity contribution in [3.63, 3.8) is 0 Å². The van der Waals surface area contributed by atoms with E-state index in [4.69, 9.17) is 4.74 Å². The maximum Gasteiger partial charge on any atom is 0.234 e. The first-order valence-corrected chi connectivity index (χ1v) is 9.51. The van der Waals surface area contributed by atoms with E-state index in [1.807, 2.05) is 44.2 Å². The summed E-state index contributed by atoms with van der Waals surface area (Å²) in [5.41, 5.74) is 2.76. The second-order valence-electron chi connectivity index (χ2n) is 5.62. The summed E-state index contributed by atoms with van der Waals surface area (Å²) in [5, 5.41) is 5.64. The van der Waals surface area contributed by atoms with Crippen LogP contribution in [-0.2, 0) is 16.1 Å². The molecular formula is C19H23N3O3S. The molecule has 0 radical (unpaired) electrons. The number of hydrogen-bond acceptors (Lipinski definition) is 5. The fraction of sp³-hybridized carbons (Fsp3) is 0.316. The summed E-state index contributed by atoms with van der Waals surface area (Å²) in [4.78, 5) is 27.9. The molecule has 0 aliphatic carbocycles. The van der Waals surface area contributed by atoms with Gasteiger partial charge in [-0.25, -0.2) is 4.98 Å². The first kappa shape index (κ1) is 19.8. The van der Waals surface area contributed by atoms with Gasteiger partial charge < -0.3 is 15.4 Å². The van der Waals surface area contributed by atoms with Crippen molar-refractivity contribution >= 4 is 29.3 Å². The van der Waals surface area contributed by atoms with Gasteiger partial charge in [-0.2, -0.15) is 0 Å². The lowest BCUT2D eigenvalue weighted by Crippen LogP contribution is -2.25. The molecule has 7 heteroatoms. The number of anilines is 1. The Kier molecular flexibility index (Phi) is 7.95. The molecule has 2 aromatic rings. The highest BCUT2D eigenvalue weighted by atomic mass is 32.2. The molecule has 0 atom stereocenters. The van der Waals surface area contributed by atoms with Crippen LogP contribution in [0.3, 0.4) is 0 Å². The Bertz CT molecular complexity index is 752. The molecule has 0 saturated heterocycles. The smallest absolute Gasteiger partial charge is 0.234 e. The van der Waals surface area contributed by atoms with Crippen LogP contribution in [0.4, 0.5) is 5.69 Å². The summed E-state index contributed by atoms with van der Waals surface area (Å²) in [5.74, 6) is 0.758. The lowest BCUT2D eigenvalue weighted by Gasteiger charge is -2.08. The van der Waals surface area contributed by atoms with Gasteiger partial charge in [-0.15, -0.1) is 11.8 Å². The molecule has 0 bridgehead atoms.